The number of sulfonamides is 1. The van der Waals surface area contributed by atoms with E-state index in [1.54, 1.807) is 31.2 Å². The summed E-state index contributed by atoms with van der Waals surface area (Å²) in [6, 6.07) is 26.0. The van der Waals surface area contributed by atoms with Gasteiger partial charge in [-0.05, 0) is 48.9 Å². The number of benzene rings is 4. The molecule has 0 bridgehead atoms. The minimum atomic E-state index is -4.30. The number of likely N-dealkylation sites (N-methyl/N-ethyl adjacent to an activating group) is 1. The highest BCUT2D eigenvalue weighted by Gasteiger charge is 2.35. The van der Waals surface area contributed by atoms with Crippen molar-refractivity contribution in [2.45, 2.75) is 30.8 Å². The van der Waals surface area contributed by atoms with Crippen LogP contribution in [-0.2, 0) is 32.6 Å². The van der Waals surface area contributed by atoms with E-state index in [0.29, 0.717) is 12.3 Å². The molecule has 4 aromatic rings. The van der Waals surface area contributed by atoms with Crippen LogP contribution in [0.4, 0.5) is 10.1 Å². The average Bonchev–Trinajstić information content (AvgIpc) is 3.03. The Morgan fingerprint density at radius 2 is 1.57 bits per heavy atom. The van der Waals surface area contributed by atoms with Gasteiger partial charge < -0.3 is 15.0 Å². The zero-order chi connectivity index (χ0) is 31.7. The number of hydrogen-bond donors (Lipinski definition) is 1. The molecule has 8 nitrogen and oxygen atoms in total. The van der Waals surface area contributed by atoms with Crippen molar-refractivity contribution in [1.82, 2.24) is 10.2 Å². The fraction of sp³-hybridized carbons (Fsp3) is 0.212. The molecule has 0 aliphatic carbocycles. The zero-order valence-electron chi connectivity index (χ0n) is 24.3. The van der Waals surface area contributed by atoms with Crippen molar-refractivity contribution in [2.24, 2.45) is 0 Å². The Balaban J connectivity index is 1.82. The van der Waals surface area contributed by atoms with Crippen molar-refractivity contribution in [3.05, 3.63) is 125 Å². The van der Waals surface area contributed by atoms with Gasteiger partial charge in [0.25, 0.3) is 10.0 Å². The van der Waals surface area contributed by atoms with Crippen LogP contribution in [0.3, 0.4) is 0 Å². The molecule has 230 valence electrons. The molecule has 0 saturated heterocycles. The highest BCUT2D eigenvalue weighted by Crippen LogP contribution is 2.32. The molecule has 2 amide bonds. The van der Waals surface area contributed by atoms with Gasteiger partial charge in [0.15, 0.2) is 0 Å². The average molecular weight is 638 g/mol. The number of methoxy groups -OCH3 is 1. The monoisotopic (exact) mass is 637 g/mol. The first-order valence-electron chi connectivity index (χ1n) is 13.9. The quantitative estimate of drug-likeness (QED) is 0.210. The van der Waals surface area contributed by atoms with Gasteiger partial charge in [-0.3, -0.25) is 13.9 Å². The summed E-state index contributed by atoms with van der Waals surface area (Å²) in [4.78, 5) is 29.0. The molecular formula is C33H33ClFN3O5S. The number of anilines is 1. The summed E-state index contributed by atoms with van der Waals surface area (Å²) in [5, 5.41) is 2.91. The minimum absolute atomic E-state index is 0.0510. The van der Waals surface area contributed by atoms with E-state index in [-0.39, 0.29) is 34.1 Å². The summed E-state index contributed by atoms with van der Waals surface area (Å²) in [6.07, 6.45) is 0.118. The Morgan fingerprint density at radius 1 is 0.932 bits per heavy atom. The Kier molecular flexibility index (Phi) is 11.0. The molecule has 0 unspecified atom stereocenters. The highest BCUT2D eigenvalue weighted by molar-refractivity contribution is 7.92. The molecule has 4 aromatic carbocycles. The lowest BCUT2D eigenvalue weighted by atomic mass is 10.0. The van der Waals surface area contributed by atoms with Crippen LogP contribution in [0, 0.1) is 5.82 Å². The maximum atomic E-state index is 14.9. The number of nitrogens with zero attached hydrogens (tertiary/aromatic N) is 2. The fourth-order valence-electron chi connectivity index (χ4n) is 4.71. The number of carbonyl (C=O) groups excluding carboxylic acids is 2. The summed E-state index contributed by atoms with van der Waals surface area (Å²) in [7, 11) is -2.88. The van der Waals surface area contributed by atoms with Crippen LogP contribution >= 0.6 is 11.6 Å². The van der Waals surface area contributed by atoms with Gasteiger partial charge in [0.1, 0.15) is 24.2 Å². The lowest BCUT2D eigenvalue weighted by molar-refractivity contribution is -0.140. The van der Waals surface area contributed by atoms with Gasteiger partial charge in [-0.15, -0.1) is 0 Å². The smallest absolute Gasteiger partial charge is 0.264 e. The van der Waals surface area contributed by atoms with E-state index in [1.165, 1.54) is 60.5 Å². The molecule has 0 saturated carbocycles. The van der Waals surface area contributed by atoms with E-state index in [9.17, 15) is 22.4 Å². The molecule has 4 rings (SSSR count). The first-order chi connectivity index (χ1) is 21.1. The van der Waals surface area contributed by atoms with Crippen LogP contribution < -0.4 is 14.4 Å². The molecule has 0 heterocycles. The van der Waals surface area contributed by atoms with Crippen LogP contribution in [0.1, 0.15) is 18.1 Å². The Hall–Kier alpha value is -4.41. The Morgan fingerprint density at radius 3 is 2.18 bits per heavy atom. The maximum Gasteiger partial charge on any atom is 0.264 e. The van der Waals surface area contributed by atoms with Crippen LogP contribution in [0.25, 0.3) is 0 Å². The molecular weight excluding hydrogens is 605 g/mol. The molecule has 0 aromatic heterocycles. The van der Waals surface area contributed by atoms with Crippen molar-refractivity contribution in [2.75, 3.05) is 24.5 Å². The van der Waals surface area contributed by atoms with E-state index in [0.717, 1.165) is 9.87 Å². The van der Waals surface area contributed by atoms with E-state index >= 15 is 0 Å². The first-order valence-corrected chi connectivity index (χ1v) is 15.7. The number of amides is 2. The van der Waals surface area contributed by atoms with Crippen molar-refractivity contribution in [3.8, 4) is 5.75 Å². The molecule has 0 spiro atoms. The summed E-state index contributed by atoms with van der Waals surface area (Å²) in [5.74, 6) is -1.41. The van der Waals surface area contributed by atoms with Crippen molar-refractivity contribution in [3.63, 3.8) is 0 Å². The largest absolute Gasteiger partial charge is 0.495 e. The predicted octanol–water partition coefficient (Wildman–Crippen LogP) is 5.46. The van der Waals surface area contributed by atoms with Crippen LogP contribution in [0.15, 0.2) is 108 Å². The van der Waals surface area contributed by atoms with Gasteiger partial charge in [-0.1, -0.05) is 78.3 Å². The van der Waals surface area contributed by atoms with E-state index in [2.05, 4.69) is 5.32 Å². The normalized spacial score (nSPS) is 11.8. The van der Waals surface area contributed by atoms with Gasteiger partial charge in [0.2, 0.25) is 11.8 Å². The topological polar surface area (TPSA) is 96.0 Å². The van der Waals surface area contributed by atoms with Gasteiger partial charge in [0, 0.05) is 25.1 Å². The van der Waals surface area contributed by atoms with Crippen LogP contribution in [-0.4, -0.2) is 51.4 Å². The standard InChI is InChI=1S/C33H33ClFN3O5S/c1-3-36-33(40)30(20-24-12-6-4-7-13-24)37(22-25-14-10-11-17-29(25)35)32(39)23-38(26-18-19-31(43-2)28(34)21-26)44(41,42)27-15-8-5-9-16-27/h4-19,21,30H,3,20,22-23H2,1-2H3,(H,36,40)/t30-/m1/s1. The van der Waals surface area contributed by atoms with Crippen molar-refractivity contribution in [1.29, 1.82) is 0 Å². The number of ether oxygens (including phenoxy) is 1. The second-order valence-corrected chi connectivity index (χ2v) is 12.1. The van der Waals surface area contributed by atoms with Gasteiger partial charge in [-0.2, -0.15) is 0 Å². The molecule has 0 aliphatic rings. The number of nitrogens with one attached hydrogen (secondary N) is 1. The molecule has 44 heavy (non-hydrogen) atoms. The van der Waals surface area contributed by atoms with Crippen LogP contribution in [0.5, 0.6) is 5.75 Å². The third kappa shape index (κ3) is 7.75. The molecule has 0 radical (unpaired) electrons. The molecule has 1 N–H and O–H groups in total. The van der Waals surface area contributed by atoms with E-state index in [1.807, 2.05) is 30.3 Å². The summed E-state index contributed by atoms with van der Waals surface area (Å²) in [6.45, 7) is 1.08. The minimum Gasteiger partial charge on any atom is -0.495 e. The summed E-state index contributed by atoms with van der Waals surface area (Å²) in [5.41, 5.74) is 1.05. The lowest BCUT2D eigenvalue weighted by Crippen LogP contribution is -2.53. The third-order valence-electron chi connectivity index (χ3n) is 6.95. The predicted molar refractivity (Wildman–Crippen MR) is 169 cm³/mol. The van der Waals surface area contributed by atoms with Gasteiger partial charge in [-0.25, -0.2) is 12.8 Å². The SMILES string of the molecule is CCNC(=O)[C@@H](Cc1ccccc1)N(Cc1ccccc1F)C(=O)CN(c1ccc(OC)c(Cl)c1)S(=O)(=O)c1ccccc1. The lowest BCUT2D eigenvalue weighted by Gasteiger charge is -2.34. The number of carbonyl (C=O) groups is 2. The van der Waals surface area contributed by atoms with Crippen molar-refractivity contribution < 1.29 is 27.1 Å². The Bertz CT molecular complexity index is 1690. The number of rotatable bonds is 13. The molecule has 0 fully saturated rings. The second-order valence-electron chi connectivity index (χ2n) is 9.86. The van der Waals surface area contributed by atoms with E-state index in [4.69, 9.17) is 16.3 Å². The van der Waals surface area contributed by atoms with Gasteiger partial charge >= 0.3 is 0 Å². The zero-order valence-corrected chi connectivity index (χ0v) is 25.9. The third-order valence-corrected chi connectivity index (χ3v) is 9.04. The maximum absolute atomic E-state index is 14.9. The second kappa shape index (κ2) is 14.9. The molecule has 11 heteroatoms. The number of halogens is 2. The van der Waals surface area contributed by atoms with E-state index < -0.39 is 40.2 Å². The molecule has 1 atom stereocenters. The molecule has 0 aliphatic heterocycles. The first kappa shape index (κ1) is 32.5. The summed E-state index contributed by atoms with van der Waals surface area (Å²) < 4.78 is 49.1. The fourth-order valence-corrected chi connectivity index (χ4v) is 6.39. The Labute approximate surface area is 262 Å². The van der Waals surface area contributed by atoms with Crippen molar-refractivity contribution >= 4 is 39.1 Å². The van der Waals surface area contributed by atoms with Crippen LogP contribution in [0.2, 0.25) is 5.02 Å². The summed E-state index contributed by atoms with van der Waals surface area (Å²) >= 11 is 6.37. The van der Waals surface area contributed by atoms with Gasteiger partial charge in [0.05, 0.1) is 22.7 Å². The number of hydrogen-bond acceptors (Lipinski definition) is 5. The highest BCUT2D eigenvalue weighted by atomic mass is 35.5.